The van der Waals surface area contributed by atoms with Crippen molar-refractivity contribution >= 4 is 62.6 Å². The second kappa shape index (κ2) is 8.90. The van der Waals surface area contributed by atoms with E-state index in [-0.39, 0.29) is 5.56 Å². The summed E-state index contributed by atoms with van der Waals surface area (Å²) in [6.45, 7) is 4.66. The molecule has 9 nitrogen and oxygen atoms in total. The Morgan fingerprint density at radius 2 is 1.76 bits per heavy atom. The standard InChI is InChI=1S/C21H19Cl3N8O/c1-11(28-19-18-14(26-10-27-19)4-5-15(24)29-18)20-30-17-13(23)3-2-12(22)16(17)21(33)32(20)31-8-6-25-7-9-31/h2-5,10-11,25H,6-9H2,1H3,(H,26,27,28). The normalized spacial score (nSPS) is 15.2. The van der Waals surface area contributed by atoms with Crippen molar-refractivity contribution in [3.05, 3.63) is 62.0 Å². The summed E-state index contributed by atoms with van der Waals surface area (Å²) < 4.78 is 1.59. The summed E-state index contributed by atoms with van der Waals surface area (Å²) >= 11 is 18.9. The van der Waals surface area contributed by atoms with Gasteiger partial charge in [-0.1, -0.05) is 34.8 Å². The highest BCUT2D eigenvalue weighted by Crippen LogP contribution is 2.29. The Bertz CT molecular complexity index is 1420. The SMILES string of the molecule is CC(Nc1ncnc2ccc(Cl)nc12)c1nc2c(Cl)ccc(Cl)c2c(=O)n1N1CCNCC1. The van der Waals surface area contributed by atoms with E-state index in [1.807, 2.05) is 11.9 Å². The molecular weight excluding hydrogens is 487 g/mol. The van der Waals surface area contributed by atoms with Crippen LogP contribution in [0.5, 0.6) is 0 Å². The van der Waals surface area contributed by atoms with Gasteiger partial charge in [-0.25, -0.2) is 24.6 Å². The molecule has 0 saturated carbocycles. The minimum absolute atomic E-state index is 0.272. The molecule has 5 rings (SSSR count). The van der Waals surface area contributed by atoms with E-state index in [1.165, 1.54) is 6.33 Å². The lowest BCUT2D eigenvalue weighted by Crippen LogP contribution is -2.54. The van der Waals surface area contributed by atoms with Crippen molar-refractivity contribution in [1.29, 1.82) is 0 Å². The zero-order chi connectivity index (χ0) is 23.1. The number of pyridine rings is 1. The van der Waals surface area contributed by atoms with Gasteiger partial charge in [-0.05, 0) is 31.2 Å². The van der Waals surface area contributed by atoms with Gasteiger partial charge in [0.05, 0.1) is 32.5 Å². The Hall–Kier alpha value is -2.72. The fourth-order valence-corrected chi connectivity index (χ4v) is 4.50. The van der Waals surface area contributed by atoms with E-state index in [1.54, 1.807) is 28.9 Å². The van der Waals surface area contributed by atoms with Gasteiger partial charge in [0, 0.05) is 26.2 Å². The van der Waals surface area contributed by atoms with Crippen LogP contribution in [0.4, 0.5) is 5.82 Å². The highest BCUT2D eigenvalue weighted by atomic mass is 35.5. The fourth-order valence-electron chi connectivity index (χ4n) is 3.92. The van der Waals surface area contributed by atoms with E-state index in [0.29, 0.717) is 61.9 Å². The molecule has 1 aromatic carbocycles. The smallest absolute Gasteiger partial charge is 0.281 e. The molecule has 170 valence electrons. The number of piperazine rings is 1. The number of anilines is 1. The average Bonchev–Trinajstić information content (AvgIpc) is 2.82. The van der Waals surface area contributed by atoms with Gasteiger partial charge in [-0.2, -0.15) is 0 Å². The second-order valence-electron chi connectivity index (χ2n) is 7.63. The van der Waals surface area contributed by atoms with Crippen molar-refractivity contribution in [2.24, 2.45) is 0 Å². The molecule has 1 unspecified atom stereocenters. The van der Waals surface area contributed by atoms with Crippen LogP contribution in [-0.2, 0) is 0 Å². The lowest BCUT2D eigenvalue weighted by Gasteiger charge is -2.33. The highest BCUT2D eigenvalue weighted by Gasteiger charge is 2.25. The quantitative estimate of drug-likeness (QED) is 0.407. The molecule has 12 heteroatoms. The van der Waals surface area contributed by atoms with Gasteiger partial charge in [0.25, 0.3) is 5.56 Å². The molecule has 0 radical (unpaired) electrons. The molecule has 1 saturated heterocycles. The molecule has 4 aromatic rings. The number of rotatable bonds is 4. The van der Waals surface area contributed by atoms with E-state index in [0.717, 1.165) is 13.1 Å². The van der Waals surface area contributed by atoms with Gasteiger partial charge >= 0.3 is 0 Å². The van der Waals surface area contributed by atoms with Gasteiger partial charge in [-0.3, -0.25) is 4.79 Å². The van der Waals surface area contributed by atoms with E-state index in [2.05, 4.69) is 25.6 Å². The lowest BCUT2D eigenvalue weighted by atomic mass is 10.2. The van der Waals surface area contributed by atoms with Gasteiger partial charge in [0.2, 0.25) is 0 Å². The van der Waals surface area contributed by atoms with E-state index in [4.69, 9.17) is 39.8 Å². The zero-order valence-corrected chi connectivity index (χ0v) is 19.8. The molecule has 1 aliphatic rings. The van der Waals surface area contributed by atoms with Crippen molar-refractivity contribution in [2.75, 3.05) is 36.5 Å². The van der Waals surface area contributed by atoms with Crippen LogP contribution in [-0.4, -0.2) is 50.8 Å². The minimum Gasteiger partial charge on any atom is -0.358 e. The average molecular weight is 506 g/mol. The lowest BCUT2D eigenvalue weighted by molar-refractivity contribution is 0.461. The molecule has 0 amide bonds. The topological polar surface area (TPSA) is 101 Å². The molecule has 2 N–H and O–H groups in total. The summed E-state index contributed by atoms with van der Waals surface area (Å²) in [5.41, 5.74) is 1.25. The molecule has 1 aliphatic heterocycles. The molecule has 0 spiro atoms. The number of hydrogen-bond donors (Lipinski definition) is 2. The molecule has 1 atom stereocenters. The van der Waals surface area contributed by atoms with Crippen molar-refractivity contribution in [3.63, 3.8) is 0 Å². The third-order valence-electron chi connectivity index (χ3n) is 5.49. The Morgan fingerprint density at radius 1 is 1.00 bits per heavy atom. The van der Waals surface area contributed by atoms with Gasteiger partial charge in [0.15, 0.2) is 11.6 Å². The number of nitrogens with one attached hydrogen (secondary N) is 2. The van der Waals surface area contributed by atoms with Gasteiger partial charge in [-0.15, -0.1) is 0 Å². The van der Waals surface area contributed by atoms with E-state index < -0.39 is 6.04 Å². The van der Waals surface area contributed by atoms with Crippen LogP contribution in [0, 0.1) is 0 Å². The van der Waals surface area contributed by atoms with Crippen LogP contribution >= 0.6 is 34.8 Å². The number of hydrogen-bond acceptors (Lipinski definition) is 8. The van der Waals surface area contributed by atoms with Crippen LogP contribution in [0.25, 0.3) is 21.9 Å². The summed E-state index contributed by atoms with van der Waals surface area (Å²) in [4.78, 5) is 31.4. The number of fused-ring (bicyclic) bond motifs is 2. The molecule has 3 aromatic heterocycles. The van der Waals surface area contributed by atoms with Crippen LogP contribution in [0.2, 0.25) is 15.2 Å². The molecule has 4 heterocycles. The first-order valence-electron chi connectivity index (χ1n) is 10.3. The predicted octanol–water partition coefficient (Wildman–Crippen LogP) is 3.41. The minimum atomic E-state index is -0.439. The summed E-state index contributed by atoms with van der Waals surface area (Å²) in [5.74, 6) is 0.959. The first-order valence-corrected chi connectivity index (χ1v) is 11.5. The third-order valence-corrected chi connectivity index (χ3v) is 6.32. The van der Waals surface area contributed by atoms with E-state index in [9.17, 15) is 4.79 Å². The molecular formula is C21H19Cl3N8O. The van der Waals surface area contributed by atoms with Crippen molar-refractivity contribution in [1.82, 2.24) is 29.9 Å². The maximum absolute atomic E-state index is 13.7. The Balaban J connectivity index is 1.67. The number of nitrogens with zero attached hydrogens (tertiary/aromatic N) is 6. The monoisotopic (exact) mass is 504 g/mol. The second-order valence-corrected chi connectivity index (χ2v) is 8.84. The van der Waals surface area contributed by atoms with Crippen molar-refractivity contribution < 1.29 is 0 Å². The number of benzene rings is 1. The summed E-state index contributed by atoms with van der Waals surface area (Å²) in [5, 5.41) is 9.86. The highest BCUT2D eigenvalue weighted by molar-refractivity contribution is 6.39. The molecule has 33 heavy (non-hydrogen) atoms. The first-order chi connectivity index (χ1) is 15.9. The van der Waals surface area contributed by atoms with Crippen molar-refractivity contribution in [2.45, 2.75) is 13.0 Å². The first kappa shape index (κ1) is 22.1. The Kier molecular flexibility index (Phi) is 5.96. The van der Waals surface area contributed by atoms with Gasteiger partial charge in [0.1, 0.15) is 17.0 Å². The summed E-state index contributed by atoms with van der Waals surface area (Å²) in [6, 6.07) is 6.25. The third kappa shape index (κ3) is 4.06. The molecule has 0 aliphatic carbocycles. The van der Waals surface area contributed by atoms with E-state index >= 15 is 0 Å². The van der Waals surface area contributed by atoms with Crippen LogP contribution in [0.1, 0.15) is 18.8 Å². The molecule has 0 bridgehead atoms. The largest absolute Gasteiger partial charge is 0.358 e. The zero-order valence-electron chi connectivity index (χ0n) is 17.5. The van der Waals surface area contributed by atoms with Crippen LogP contribution < -0.4 is 21.2 Å². The molecule has 1 fully saturated rings. The van der Waals surface area contributed by atoms with Crippen LogP contribution in [0.15, 0.2) is 35.4 Å². The predicted molar refractivity (Wildman–Crippen MR) is 131 cm³/mol. The maximum atomic E-state index is 13.7. The maximum Gasteiger partial charge on any atom is 0.281 e. The Morgan fingerprint density at radius 3 is 2.55 bits per heavy atom. The van der Waals surface area contributed by atoms with Crippen LogP contribution in [0.3, 0.4) is 0 Å². The number of aromatic nitrogens is 5. The summed E-state index contributed by atoms with van der Waals surface area (Å²) in [7, 11) is 0. The van der Waals surface area contributed by atoms with Crippen molar-refractivity contribution in [3.8, 4) is 0 Å². The fraction of sp³-hybridized carbons (Fsp3) is 0.286. The summed E-state index contributed by atoms with van der Waals surface area (Å²) in [6.07, 6.45) is 1.45. The van der Waals surface area contributed by atoms with Gasteiger partial charge < -0.3 is 15.6 Å². The Labute approximate surface area is 203 Å². The number of halogens is 3.